The molecule has 0 saturated carbocycles. The number of nitrogens with zero attached hydrogens (tertiary/aromatic N) is 2. The summed E-state index contributed by atoms with van der Waals surface area (Å²) in [6, 6.07) is 16.9. The zero-order valence-electron chi connectivity index (χ0n) is 16.3. The zero-order chi connectivity index (χ0) is 21.8. The third-order valence-corrected chi connectivity index (χ3v) is 7.07. The molecule has 1 saturated heterocycles. The molecular weight excluding hydrogens is 471 g/mol. The van der Waals surface area contributed by atoms with Gasteiger partial charge in [0.25, 0.3) is 0 Å². The predicted molar refractivity (Wildman–Crippen MR) is 130 cm³/mol. The van der Waals surface area contributed by atoms with Crippen LogP contribution in [0, 0.1) is 0 Å². The van der Waals surface area contributed by atoms with Crippen LogP contribution in [0.4, 0.5) is 0 Å². The molecule has 1 aliphatic heterocycles. The SMILES string of the molecule is O=C1[C@H](Cc2ccc(OCc3ccccc3Cl)c(Cl)c2)SC(=S)N1Cc1cccnc1. The fourth-order valence-corrected chi connectivity index (χ4v) is 5.20. The van der Waals surface area contributed by atoms with Crippen LogP contribution in [0.2, 0.25) is 10.0 Å². The van der Waals surface area contributed by atoms with Gasteiger partial charge in [0, 0.05) is 23.0 Å². The number of hydrogen-bond donors (Lipinski definition) is 0. The summed E-state index contributed by atoms with van der Waals surface area (Å²) in [5.74, 6) is 0.582. The Morgan fingerprint density at radius 3 is 2.65 bits per heavy atom. The molecule has 0 radical (unpaired) electrons. The molecule has 0 bridgehead atoms. The van der Waals surface area contributed by atoms with Gasteiger partial charge in [-0.05, 0) is 41.8 Å². The van der Waals surface area contributed by atoms with E-state index in [-0.39, 0.29) is 11.2 Å². The van der Waals surface area contributed by atoms with Gasteiger partial charge in [-0.2, -0.15) is 0 Å². The molecule has 3 aromatic rings. The lowest BCUT2D eigenvalue weighted by Gasteiger charge is -2.15. The highest BCUT2D eigenvalue weighted by Gasteiger charge is 2.36. The van der Waals surface area contributed by atoms with Crippen molar-refractivity contribution in [3.05, 3.63) is 93.7 Å². The smallest absolute Gasteiger partial charge is 0.242 e. The third kappa shape index (κ3) is 5.39. The molecule has 0 N–H and O–H groups in total. The van der Waals surface area contributed by atoms with Crippen molar-refractivity contribution < 1.29 is 9.53 Å². The standard InChI is InChI=1S/C23H18Cl2N2O2S2/c24-18-6-2-1-5-17(18)14-29-20-8-7-15(10-19(20)25)11-21-22(28)27(23(30)31-21)13-16-4-3-9-26-12-16/h1-10,12,21H,11,13-14H2/t21-/m0/s1. The van der Waals surface area contributed by atoms with E-state index in [1.807, 2.05) is 54.6 Å². The molecule has 1 aromatic heterocycles. The molecule has 4 rings (SSSR count). The number of hydrogen-bond acceptors (Lipinski definition) is 5. The average molecular weight is 489 g/mol. The molecule has 1 aliphatic rings. The lowest BCUT2D eigenvalue weighted by atomic mass is 10.1. The van der Waals surface area contributed by atoms with Crippen molar-refractivity contribution in [3.63, 3.8) is 0 Å². The van der Waals surface area contributed by atoms with Gasteiger partial charge in [0.2, 0.25) is 5.91 Å². The van der Waals surface area contributed by atoms with E-state index in [0.29, 0.717) is 39.7 Å². The summed E-state index contributed by atoms with van der Waals surface area (Å²) >= 11 is 19.5. The minimum absolute atomic E-state index is 0.00835. The highest BCUT2D eigenvalue weighted by atomic mass is 35.5. The van der Waals surface area contributed by atoms with Crippen LogP contribution in [0.25, 0.3) is 0 Å². The van der Waals surface area contributed by atoms with Crippen LogP contribution >= 0.6 is 47.2 Å². The number of carbonyl (C=O) groups excluding carboxylic acids is 1. The summed E-state index contributed by atoms with van der Waals surface area (Å²) in [6.07, 6.45) is 3.99. The average Bonchev–Trinajstić information content (AvgIpc) is 3.02. The molecule has 1 amide bonds. The Bertz CT molecular complexity index is 1110. The minimum Gasteiger partial charge on any atom is -0.487 e. The van der Waals surface area contributed by atoms with Crippen molar-refractivity contribution in [3.8, 4) is 5.75 Å². The van der Waals surface area contributed by atoms with E-state index in [1.165, 1.54) is 11.8 Å². The molecule has 0 spiro atoms. The van der Waals surface area contributed by atoms with Crippen LogP contribution in [0.3, 0.4) is 0 Å². The number of thiocarbonyl (C=S) groups is 1. The van der Waals surface area contributed by atoms with Crippen molar-refractivity contribution >= 4 is 57.4 Å². The Balaban J connectivity index is 1.39. The van der Waals surface area contributed by atoms with E-state index < -0.39 is 0 Å². The molecule has 1 fully saturated rings. The van der Waals surface area contributed by atoms with Crippen LogP contribution in [0.5, 0.6) is 5.75 Å². The van der Waals surface area contributed by atoms with Crippen molar-refractivity contribution in [1.29, 1.82) is 0 Å². The molecular formula is C23H18Cl2N2O2S2. The van der Waals surface area contributed by atoms with E-state index in [0.717, 1.165) is 16.7 Å². The summed E-state index contributed by atoms with van der Waals surface area (Å²) in [4.78, 5) is 18.6. The molecule has 2 heterocycles. The van der Waals surface area contributed by atoms with Crippen LogP contribution in [-0.4, -0.2) is 25.4 Å². The van der Waals surface area contributed by atoms with Gasteiger partial charge in [0.05, 0.1) is 16.8 Å². The van der Waals surface area contributed by atoms with Crippen molar-refractivity contribution in [2.75, 3.05) is 0 Å². The van der Waals surface area contributed by atoms with E-state index in [1.54, 1.807) is 17.3 Å². The fourth-order valence-electron chi connectivity index (χ4n) is 3.22. The van der Waals surface area contributed by atoms with Gasteiger partial charge in [-0.25, -0.2) is 0 Å². The normalized spacial score (nSPS) is 16.1. The van der Waals surface area contributed by atoms with Gasteiger partial charge in [0.15, 0.2) is 0 Å². The highest BCUT2D eigenvalue weighted by Crippen LogP contribution is 2.33. The minimum atomic E-state index is -0.268. The summed E-state index contributed by atoms with van der Waals surface area (Å²) < 4.78 is 6.41. The molecule has 158 valence electrons. The van der Waals surface area contributed by atoms with E-state index in [2.05, 4.69) is 4.98 Å². The first-order chi connectivity index (χ1) is 15.0. The first kappa shape index (κ1) is 22.1. The number of halogens is 2. The Hall–Kier alpha value is -2.12. The zero-order valence-corrected chi connectivity index (χ0v) is 19.5. The number of carbonyl (C=O) groups is 1. The first-order valence-electron chi connectivity index (χ1n) is 9.57. The number of thioether (sulfide) groups is 1. The second-order valence-electron chi connectivity index (χ2n) is 7.01. The van der Waals surface area contributed by atoms with Gasteiger partial charge in [0.1, 0.15) is 16.7 Å². The number of aromatic nitrogens is 1. The van der Waals surface area contributed by atoms with Crippen LogP contribution in [0.1, 0.15) is 16.7 Å². The maximum Gasteiger partial charge on any atom is 0.242 e. The summed E-state index contributed by atoms with van der Waals surface area (Å²) in [6.45, 7) is 0.762. The predicted octanol–water partition coefficient (Wildman–Crippen LogP) is 5.94. The van der Waals surface area contributed by atoms with Crippen molar-refractivity contribution in [2.45, 2.75) is 24.8 Å². The number of ether oxygens (including phenoxy) is 1. The largest absolute Gasteiger partial charge is 0.487 e. The van der Waals surface area contributed by atoms with Crippen LogP contribution in [-0.2, 0) is 24.4 Å². The lowest BCUT2D eigenvalue weighted by Crippen LogP contribution is -2.31. The number of pyridine rings is 1. The fraction of sp³-hybridized carbons (Fsp3) is 0.174. The van der Waals surface area contributed by atoms with Crippen LogP contribution < -0.4 is 4.74 Å². The number of rotatable bonds is 7. The summed E-state index contributed by atoms with van der Waals surface area (Å²) in [5.41, 5.74) is 2.79. The van der Waals surface area contributed by atoms with Gasteiger partial charge in [-0.15, -0.1) is 0 Å². The van der Waals surface area contributed by atoms with E-state index >= 15 is 0 Å². The second-order valence-corrected chi connectivity index (χ2v) is 9.66. The number of benzene rings is 2. The quantitative estimate of drug-likeness (QED) is 0.385. The third-order valence-electron chi connectivity index (χ3n) is 4.83. The maximum atomic E-state index is 12.9. The van der Waals surface area contributed by atoms with Crippen LogP contribution in [0.15, 0.2) is 67.0 Å². The van der Waals surface area contributed by atoms with E-state index in [9.17, 15) is 4.79 Å². The molecule has 4 nitrogen and oxygen atoms in total. The Morgan fingerprint density at radius 1 is 1.06 bits per heavy atom. The van der Waals surface area contributed by atoms with Gasteiger partial charge >= 0.3 is 0 Å². The first-order valence-corrected chi connectivity index (χ1v) is 11.6. The highest BCUT2D eigenvalue weighted by molar-refractivity contribution is 8.24. The van der Waals surface area contributed by atoms with E-state index in [4.69, 9.17) is 40.2 Å². The maximum absolute atomic E-state index is 12.9. The van der Waals surface area contributed by atoms with Gasteiger partial charge < -0.3 is 4.74 Å². The van der Waals surface area contributed by atoms with Gasteiger partial charge in [-0.1, -0.05) is 77.5 Å². The summed E-state index contributed by atoms with van der Waals surface area (Å²) in [5, 5.41) is 0.878. The molecule has 31 heavy (non-hydrogen) atoms. The Labute approximate surface area is 200 Å². The van der Waals surface area contributed by atoms with Crippen molar-refractivity contribution in [2.24, 2.45) is 0 Å². The molecule has 0 unspecified atom stereocenters. The van der Waals surface area contributed by atoms with Crippen molar-refractivity contribution in [1.82, 2.24) is 9.88 Å². The molecule has 2 aromatic carbocycles. The van der Waals surface area contributed by atoms with Gasteiger partial charge in [-0.3, -0.25) is 14.7 Å². The molecule has 8 heteroatoms. The monoisotopic (exact) mass is 488 g/mol. The second kappa shape index (κ2) is 10.0. The lowest BCUT2D eigenvalue weighted by molar-refractivity contribution is -0.126. The molecule has 1 atom stereocenters. The molecule has 0 aliphatic carbocycles. The number of amides is 1. The Kier molecular flexibility index (Phi) is 7.13. The summed E-state index contributed by atoms with van der Waals surface area (Å²) in [7, 11) is 0. The Morgan fingerprint density at radius 2 is 1.90 bits per heavy atom. The topological polar surface area (TPSA) is 42.4 Å².